The van der Waals surface area contributed by atoms with Crippen LogP contribution in [-0.2, 0) is 0 Å². The summed E-state index contributed by atoms with van der Waals surface area (Å²) in [7, 11) is -4.94. The van der Waals surface area contributed by atoms with Gasteiger partial charge in [0.15, 0.2) is 0 Å². The van der Waals surface area contributed by atoms with Crippen molar-refractivity contribution < 1.29 is 33.4 Å². The first-order chi connectivity index (χ1) is 11.7. The van der Waals surface area contributed by atoms with Gasteiger partial charge in [-0.3, -0.25) is 0 Å². The quantitative estimate of drug-likeness (QED) is 0.462. The van der Waals surface area contributed by atoms with E-state index in [9.17, 15) is 0 Å². The highest BCUT2D eigenvalue weighted by molar-refractivity contribution is 4.51. The molecular formula is C18H39ClN2O4. The zero-order valence-corrected chi connectivity index (χ0v) is 17.6. The highest BCUT2D eigenvalue weighted by atomic mass is 35.7. The van der Waals surface area contributed by atoms with Gasteiger partial charge in [0.05, 0.1) is 32.2 Å². The Morgan fingerprint density at radius 2 is 0.840 bits per heavy atom. The van der Waals surface area contributed by atoms with E-state index in [0.29, 0.717) is 0 Å². The topological polar surface area (TPSA) is 116 Å². The Morgan fingerprint density at radius 3 is 0.960 bits per heavy atom. The fraction of sp³-hybridized carbons (Fsp3) is 0.944. The van der Waals surface area contributed by atoms with Gasteiger partial charge in [-0.05, 0) is 25.7 Å². The third-order valence-corrected chi connectivity index (χ3v) is 3.94. The van der Waals surface area contributed by atoms with Gasteiger partial charge in [-0.2, -0.15) is 5.26 Å². The van der Waals surface area contributed by atoms with Crippen molar-refractivity contribution in [1.29, 1.82) is 5.26 Å². The molecule has 0 aromatic heterocycles. The van der Waals surface area contributed by atoms with Crippen LogP contribution in [0.2, 0.25) is 0 Å². The first-order valence-electron chi connectivity index (χ1n) is 9.43. The molecule has 0 spiro atoms. The molecule has 0 amide bonds. The standard InChI is InChI=1S/C16H36N.C2H3N.ClHO4/c1-5-9-13-17(14-10-6-2,15-11-7-3)16-12-8-4;1-2-3;2-1(3,4)5/h5-16H2,1-4H3;1H3;(H,2,3,4,5)/q+1;;/p-1. The SMILES string of the molecule is CC#N.CCCC[N+](CCCC)(CCCC)CCCC.[O-][Cl+3]([O-])([O-])[O-]. The minimum absolute atomic E-state index is 1.35. The second-order valence-electron chi connectivity index (χ2n) is 6.25. The molecule has 0 aliphatic carbocycles. The third-order valence-electron chi connectivity index (χ3n) is 3.94. The molecule has 0 fully saturated rings. The van der Waals surface area contributed by atoms with E-state index in [-0.39, 0.29) is 0 Å². The van der Waals surface area contributed by atoms with Crippen molar-refractivity contribution in [3.63, 3.8) is 0 Å². The molecule has 0 rings (SSSR count). The van der Waals surface area contributed by atoms with E-state index < -0.39 is 10.2 Å². The minimum atomic E-state index is -4.94. The molecule has 0 saturated carbocycles. The molecule has 7 heteroatoms. The van der Waals surface area contributed by atoms with Crippen molar-refractivity contribution in [3.8, 4) is 6.07 Å². The summed E-state index contributed by atoms with van der Waals surface area (Å²) in [6.45, 7) is 16.4. The molecule has 152 valence electrons. The number of hydrogen-bond acceptors (Lipinski definition) is 5. The number of nitrogens with zero attached hydrogens (tertiary/aromatic N) is 2. The second-order valence-corrected chi connectivity index (χ2v) is 7.01. The maximum absolute atomic E-state index is 8.49. The molecule has 0 bridgehead atoms. The highest BCUT2D eigenvalue weighted by Gasteiger charge is 2.24. The van der Waals surface area contributed by atoms with Crippen LogP contribution in [0, 0.1) is 21.6 Å². The molecule has 0 N–H and O–H groups in total. The molecule has 0 unspecified atom stereocenters. The predicted octanol–water partition coefficient (Wildman–Crippen LogP) is 0.777. The van der Waals surface area contributed by atoms with Crippen LogP contribution in [0.15, 0.2) is 0 Å². The van der Waals surface area contributed by atoms with E-state index >= 15 is 0 Å². The monoisotopic (exact) mass is 382 g/mol. The van der Waals surface area contributed by atoms with E-state index in [1.807, 2.05) is 0 Å². The van der Waals surface area contributed by atoms with Gasteiger partial charge in [-0.15, -0.1) is 10.2 Å². The van der Waals surface area contributed by atoms with Crippen molar-refractivity contribution in [2.45, 2.75) is 86.0 Å². The lowest BCUT2D eigenvalue weighted by Gasteiger charge is -2.39. The Bertz CT molecular complexity index is 261. The molecule has 6 nitrogen and oxygen atoms in total. The summed E-state index contributed by atoms with van der Waals surface area (Å²) in [6, 6.07) is 1.75. The minimum Gasteiger partial charge on any atom is -0.324 e. The lowest BCUT2D eigenvalue weighted by Crippen LogP contribution is -2.68. The van der Waals surface area contributed by atoms with Crippen LogP contribution >= 0.6 is 0 Å². The van der Waals surface area contributed by atoms with Crippen molar-refractivity contribution in [3.05, 3.63) is 0 Å². The molecule has 25 heavy (non-hydrogen) atoms. The van der Waals surface area contributed by atoms with Gasteiger partial charge in [0, 0.05) is 6.92 Å². The van der Waals surface area contributed by atoms with Gasteiger partial charge >= 0.3 is 0 Å². The first kappa shape index (κ1) is 29.3. The lowest BCUT2D eigenvalue weighted by atomic mass is 10.1. The molecular weight excluding hydrogens is 344 g/mol. The Hall–Kier alpha value is -0.420. The largest absolute Gasteiger partial charge is 0.324 e. The maximum atomic E-state index is 8.49. The first-order valence-corrected chi connectivity index (χ1v) is 10.7. The summed E-state index contributed by atoms with van der Waals surface area (Å²) in [5.41, 5.74) is 0. The molecule has 0 aliphatic rings. The number of unbranched alkanes of at least 4 members (excludes halogenated alkanes) is 4. The zero-order valence-electron chi connectivity index (χ0n) is 16.9. The molecule has 0 heterocycles. The Balaban J connectivity index is -0.000000504. The van der Waals surface area contributed by atoms with Gasteiger partial charge in [0.25, 0.3) is 0 Å². The molecule has 0 saturated heterocycles. The van der Waals surface area contributed by atoms with Crippen LogP contribution < -0.4 is 18.6 Å². The van der Waals surface area contributed by atoms with E-state index in [1.165, 1.54) is 89.0 Å². The van der Waals surface area contributed by atoms with Crippen LogP contribution in [0.25, 0.3) is 0 Å². The number of rotatable bonds is 12. The van der Waals surface area contributed by atoms with Crippen molar-refractivity contribution in [2.24, 2.45) is 0 Å². The van der Waals surface area contributed by atoms with E-state index in [2.05, 4.69) is 27.7 Å². The van der Waals surface area contributed by atoms with Crippen LogP contribution in [0.3, 0.4) is 0 Å². The third kappa shape index (κ3) is 28.6. The van der Waals surface area contributed by atoms with E-state index in [1.54, 1.807) is 6.07 Å². The number of nitriles is 1. The van der Waals surface area contributed by atoms with Crippen molar-refractivity contribution in [2.75, 3.05) is 26.2 Å². The summed E-state index contributed by atoms with van der Waals surface area (Å²) in [5, 5.41) is 7.32. The number of halogens is 1. The van der Waals surface area contributed by atoms with Crippen molar-refractivity contribution in [1.82, 2.24) is 0 Å². The summed E-state index contributed by atoms with van der Waals surface area (Å²) < 4.78 is 35.4. The van der Waals surface area contributed by atoms with Crippen LogP contribution in [0.1, 0.15) is 86.0 Å². The van der Waals surface area contributed by atoms with Crippen molar-refractivity contribution >= 4 is 0 Å². The van der Waals surface area contributed by atoms with Gasteiger partial charge in [0.2, 0.25) is 0 Å². The van der Waals surface area contributed by atoms with Crippen LogP contribution in [0.4, 0.5) is 0 Å². The fourth-order valence-electron chi connectivity index (χ4n) is 2.64. The van der Waals surface area contributed by atoms with Crippen LogP contribution in [-0.4, -0.2) is 30.7 Å². The number of quaternary nitrogens is 1. The molecule has 0 aromatic carbocycles. The summed E-state index contributed by atoms with van der Waals surface area (Å²) in [4.78, 5) is 0. The molecule has 0 radical (unpaired) electrons. The average Bonchev–Trinajstić information content (AvgIpc) is 2.53. The Kier molecular flexibility index (Phi) is 23.4. The average molecular weight is 383 g/mol. The second kappa shape index (κ2) is 19.9. The fourth-order valence-corrected chi connectivity index (χ4v) is 2.64. The highest BCUT2D eigenvalue weighted by Crippen LogP contribution is 2.16. The zero-order chi connectivity index (χ0) is 20.2. The van der Waals surface area contributed by atoms with Gasteiger partial charge < -0.3 is 4.48 Å². The lowest BCUT2D eigenvalue weighted by molar-refractivity contribution is -2.00. The Morgan fingerprint density at radius 1 is 0.680 bits per heavy atom. The number of hydrogen-bond donors (Lipinski definition) is 0. The maximum Gasteiger partial charge on any atom is 0.0786 e. The van der Waals surface area contributed by atoms with Gasteiger partial charge in [0.1, 0.15) is 0 Å². The summed E-state index contributed by atoms with van der Waals surface area (Å²) >= 11 is 0. The summed E-state index contributed by atoms with van der Waals surface area (Å²) in [6.07, 6.45) is 11.1. The molecule has 0 atom stereocenters. The van der Waals surface area contributed by atoms with E-state index in [4.69, 9.17) is 23.9 Å². The van der Waals surface area contributed by atoms with E-state index in [0.717, 1.165) is 0 Å². The Labute approximate surface area is 157 Å². The normalized spacial score (nSPS) is 10.9. The van der Waals surface area contributed by atoms with Crippen LogP contribution in [0.5, 0.6) is 0 Å². The molecule has 0 aliphatic heterocycles. The summed E-state index contributed by atoms with van der Waals surface area (Å²) in [5.74, 6) is 0. The van der Waals surface area contributed by atoms with Gasteiger partial charge in [-0.25, -0.2) is 18.6 Å². The smallest absolute Gasteiger partial charge is 0.0786 e. The molecule has 0 aromatic rings. The predicted molar refractivity (Wildman–Crippen MR) is 90.6 cm³/mol. The van der Waals surface area contributed by atoms with Gasteiger partial charge in [-0.1, -0.05) is 53.4 Å².